The van der Waals surface area contributed by atoms with Gasteiger partial charge < -0.3 is 10.0 Å². The molecule has 0 spiro atoms. The number of hydrogen-bond donors (Lipinski definition) is 1. The molecule has 2 fully saturated rings. The van der Waals surface area contributed by atoms with Crippen LogP contribution in [0.25, 0.3) is 0 Å². The van der Waals surface area contributed by atoms with Crippen molar-refractivity contribution < 1.29 is 9.90 Å². The second-order valence-corrected chi connectivity index (χ2v) is 7.07. The molecule has 0 aromatic heterocycles. The van der Waals surface area contributed by atoms with E-state index in [9.17, 15) is 9.90 Å². The Morgan fingerprint density at radius 1 is 1.24 bits per heavy atom. The summed E-state index contributed by atoms with van der Waals surface area (Å²) in [5, 5.41) is 9.70. The van der Waals surface area contributed by atoms with Crippen molar-refractivity contribution in [3.8, 4) is 0 Å². The molecule has 1 aromatic rings. The Labute approximate surface area is 127 Å². The number of hydrogen-bond acceptors (Lipinski definition) is 2. The van der Waals surface area contributed by atoms with Gasteiger partial charge in [0, 0.05) is 25.6 Å². The third-order valence-corrected chi connectivity index (χ3v) is 5.44. The Kier molecular flexibility index (Phi) is 4.03. The molecule has 0 bridgehead atoms. The van der Waals surface area contributed by atoms with E-state index < -0.39 is 11.4 Å². The molecule has 1 aromatic carbocycles. The van der Waals surface area contributed by atoms with Crippen molar-refractivity contribution in [3.63, 3.8) is 0 Å². The summed E-state index contributed by atoms with van der Waals surface area (Å²) in [5.41, 5.74) is 0.893. The van der Waals surface area contributed by atoms with Gasteiger partial charge in [-0.05, 0) is 37.2 Å². The Balaban J connectivity index is 1.58. The highest BCUT2D eigenvalue weighted by Crippen LogP contribution is 2.41. The minimum Gasteiger partial charge on any atom is -0.481 e. The maximum absolute atomic E-state index is 11.8. The number of nitrogens with zero attached hydrogens (tertiary/aromatic N) is 1. The molecule has 3 heteroatoms. The minimum absolute atomic E-state index is 0.492. The van der Waals surface area contributed by atoms with Crippen LogP contribution in [0, 0.1) is 11.3 Å². The molecule has 1 N–H and O–H groups in total. The van der Waals surface area contributed by atoms with E-state index in [0.29, 0.717) is 11.8 Å². The Morgan fingerprint density at radius 3 is 2.43 bits per heavy atom. The third-order valence-electron chi connectivity index (χ3n) is 5.44. The van der Waals surface area contributed by atoms with Gasteiger partial charge >= 0.3 is 5.97 Å². The van der Waals surface area contributed by atoms with Gasteiger partial charge in [0.1, 0.15) is 0 Å². The van der Waals surface area contributed by atoms with Crippen molar-refractivity contribution in [2.45, 2.75) is 38.5 Å². The van der Waals surface area contributed by atoms with E-state index in [1.807, 2.05) is 6.07 Å². The summed E-state index contributed by atoms with van der Waals surface area (Å²) in [7, 11) is 0. The molecular weight excluding hydrogens is 262 g/mol. The monoisotopic (exact) mass is 287 g/mol. The summed E-state index contributed by atoms with van der Waals surface area (Å²) in [5.74, 6) is 0.683. The Morgan fingerprint density at radius 2 is 1.86 bits per heavy atom. The van der Waals surface area contributed by atoms with Crippen LogP contribution in [-0.4, -0.2) is 35.6 Å². The lowest BCUT2D eigenvalue weighted by Crippen LogP contribution is -2.53. The summed E-state index contributed by atoms with van der Waals surface area (Å²) in [6.45, 7) is 4.99. The van der Waals surface area contributed by atoms with Crippen molar-refractivity contribution in [3.05, 3.63) is 35.9 Å². The molecule has 3 rings (SSSR count). The number of rotatable bonds is 4. The van der Waals surface area contributed by atoms with Crippen molar-refractivity contribution in [1.29, 1.82) is 0 Å². The van der Waals surface area contributed by atoms with Gasteiger partial charge in [-0.15, -0.1) is 0 Å². The number of benzene rings is 1. The summed E-state index contributed by atoms with van der Waals surface area (Å²) in [4.78, 5) is 14.1. The summed E-state index contributed by atoms with van der Waals surface area (Å²) in [6.07, 6.45) is 3.80. The highest BCUT2D eigenvalue weighted by atomic mass is 16.4. The van der Waals surface area contributed by atoms with E-state index in [0.717, 1.165) is 45.3 Å². The van der Waals surface area contributed by atoms with Crippen LogP contribution in [0.3, 0.4) is 0 Å². The lowest BCUT2D eigenvalue weighted by atomic mass is 9.70. The molecular formula is C18H25NO2. The van der Waals surface area contributed by atoms with Crippen molar-refractivity contribution in [1.82, 2.24) is 4.90 Å². The second kappa shape index (κ2) is 5.80. The smallest absolute Gasteiger partial charge is 0.310 e. The predicted molar refractivity (Wildman–Crippen MR) is 83.3 cm³/mol. The van der Waals surface area contributed by atoms with Gasteiger partial charge in [0.15, 0.2) is 0 Å². The van der Waals surface area contributed by atoms with E-state index >= 15 is 0 Å². The van der Waals surface area contributed by atoms with Gasteiger partial charge in [0.2, 0.25) is 0 Å². The quantitative estimate of drug-likeness (QED) is 0.923. The minimum atomic E-state index is -0.586. The van der Waals surface area contributed by atoms with E-state index in [1.165, 1.54) is 5.56 Å². The van der Waals surface area contributed by atoms with E-state index in [4.69, 9.17) is 0 Å². The first-order valence-corrected chi connectivity index (χ1v) is 8.10. The summed E-state index contributed by atoms with van der Waals surface area (Å²) in [6, 6.07) is 10.6. The molecule has 1 saturated heterocycles. The highest BCUT2D eigenvalue weighted by Gasteiger charge is 2.44. The fourth-order valence-electron chi connectivity index (χ4n) is 3.82. The molecule has 1 aliphatic carbocycles. The third kappa shape index (κ3) is 2.98. The van der Waals surface area contributed by atoms with Gasteiger partial charge in [0.25, 0.3) is 0 Å². The largest absolute Gasteiger partial charge is 0.481 e. The Bertz CT molecular complexity index is 485. The Hall–Kier alpha value is -1.35. The van der Waals surface area contributed by atoms with Crippen LogP contribution in [0.2, 0.25) is 0 Å². The molecule has 0 amide bonds. The molecule has 21 heavy (non-hydrogen) atoms. The SMILES string of the molecule is CC1CCC(CN2CC(c3ccccc3)C2)(C(=O)O)CC1. The molecule has 0 atom stereocenters. The zero-order valence-corrected chi connectivity index (χ0v) is 12.8. The van der Waals surface area contributed by atoms with Crippen LogP contribution in [0.4, 0.5) is 0 Å². The first-order valence-electron chi connectivity index (χ1n) is 8.10. The van der Waals surface area contributed by atoms with Gasteiger partial charge in [0.05, 0.1) is 5.41 Å². The molecule has 1 heterocycles. The van der Waals surface area contributed by atoms with Crippen molar-refractivity contribution >= 4 is 5.97 Å². The fourth-order valence-corrected chi connectivity index (χ4v) is 3.82. The van der Waals surface area contributed by atoms with Crippen LogP contribution in [0.5, 0.6) is 0 Å². The summed E-state index contributed by atoms with van der Waals surface area (Å²) < 4.78 is 0. The average Bonchev–Trinajstić information content (AvgIpc) is 2.45. The number of likely N-dealkylation sites (tertiary alicyclic amines) is 1. The number of carboxylic acids is 1. The van der Waals surface area contributed by atoms with E-state index in [-0.39, 0.29) is 0 Å². The first-order chi connectivity index (χ1) is 10.1. The molecule has 114 valence electrons. The maximum Gasteiger partial charge on any atom is 0.310 e. The molecule has 0 radical (unpaired) electrons. The van der Waals surface area contributed by atoms with Crippen molar-refractivity contribution in [2.75, 3.05) is 19.6 Å². The first kappa shape index (κ1) is 14.6. The zero-order valence-electron chi connectivity index (χ0n) is 12.8. The van der Waals surface area contributed by atoms with Gasteiger partial charge in [-0.3, -0.25) is 4.79 Å². The highest BCUT2D eigenvalue weighted by molar-refractivity contribution is 5.75. The number of carbonyl (C=O) groups is 1. The molecule has 3 nitrogen and oxygen atoms in total. The predicted octanol–water partition coefficient (Wildman–Crippen LogP) is 3.37. The van der Waals surface area contributed by atoms with Crippen molar-refractivity contribution in [2.24, 2.45) is 11.3 Å². The summed E-state index contributed by atoms with van der Waals surface area (Å²) >= 11 is 0. The standard InChI is InChI=1S/C18H25NO2/c1-14-7-9-18(10-8-14,17(20)21)13-19-11-16(12-19)15-5-3-2-4-6-15/h2-6,14,16H,7-13H2,1H3,(H,20,21). The van der Waals surface area contributed by atoms with E-state index in [1.54, 1.807) is 0 Å². The average molecular weight is 287 g/mol. The van der Waals surface area contributed by atoms with Gasteiger partial charge in [-0.1, -0.05) is 37.3 Å². The topological polar surface area (TPSA) is 40.5 Å². The number of aliphatic carboxylic acids is 1. The van der Waals surface area contributed by atoms with Crippen LogP contribution in [-0.2, 0) is 4.79 Å². The lowest BCUT2D eigenvalue weighted by molar-refractivity contribution is -0.154. The number of carboxylic acid groups (broad SMARTS) is 1. The molecule has 0 unspecified atom stereocenters. The molecule has 1 aliphatic heterocycles. The van der Waals surface area contributed by atoms with Crippen LogP contribution in [0.1, 0.15) is 44.1 Å². The zero-order chi connectivity index (χ0) is 14.9. The lowest BCUT2D eigenvalue weighted by Gasteiger charge is -2.46. The van der Waals surface area contributed by atoms with Crippen LogP contribution < -0.4 is 0 Å². The van der Waals surface area contributed by atoms with Crippen LogP contribution >= 0.6 is 0 Å². The van der Waals surface area contributed by atoms with Gasteiger partial charge in [-0.25, -0.2) is 0 Å². The fraction of sp³-hybridized carbons (Fsp3) is 0.611. The molecule has 2 aliphatic rings. The van der Waals surface area contributed by atoms with Crippen LogP contribution in [0.15, 0.2) is 30.3 Å². The molecule has 1 saturated carbocycles. The van der Waals surface area contributed by atoms with E-state index in [2.05, 4.69) is 36.1 Å². The second-order valence-electron chi connectivity index (χ2n) is 7.07. The van der Waals surface area contributed by atoms with Gasteiger partial charge in [-0.2, -0.15) is 0 Å². The maximum atomic E-state index is 11.8. The normalized spacial score (nSPS) is 30.8.